The second kappa shape index (κ2) is 8.07. The molecular formula is C21H18N2O3. The summed E-state index contributed by atoms with van der Waals surface area (Å²) in [6.07, 6.45) is -1.28. The minimum absolute atomic E-state index is 0.388. The van der Waals surface area contributed by atoms with Crippen molar-refractivity contribution in [2.24, 2.45) is 0 Å². The summed E-state index contributed by atoms with van der Waals surface area (Å²) >= 11 is 0. The lowest BCUT2D eigenvalue weighted by Crippen LogP contribution is -2.45. The van der Waals surface area contributed by atoms with Gasteiger partial charge in [0.1, 0.15) is 0 Å². The number of rotatable bonds is 6. The second-order valence-electron chi connectivity index (χ2n) is 5.87. The monoisotopic (exact) mass is 346 g/mol. The second-order valence-corrected chi connectivity index (χ2v) is 5.87. The van der Waals surface area contributed by atoms with Gasteiger partial charge in [-0.3, -0.25) is 20.2 Å². The van der Waals surface area contributed by atoms with Gasteiger partial charge >= 0.3 is 0 Å². The van der Waals surface area contributed by atoms with Gasteiger partial charge in [0.25, 0.3) is 12.1 Å². The molecule has 1 N–H and O–H groups in total. The number of carbonyl (C=O) groups excluding carboxylic acids is 1. The largest absolute Gasteiger partial charge is 0.298 e. The molecule has 0 aliphatic heterocycles. The highest BCUT2D eigenvalue weighted by molar-refractivity contribution is 5.94. The van der Waals surface area contributed by atoms with Crippen LogP contribution in [0.15, 0.2) is 91.0 Å². The number of nitrogens with one attached hydrogen (secondary N) is 1. The Labute approximate surface area is 151 Å². The smallest absolute Gasteiger partial charge is 0.289 e. The maximum atomic E-state index is 12.5. The lowest BCUT2D eigenvalue weighted by atomic mass is 9.88. The molecule has 3 rings (SSSR count). The summed E-state index contributed by atoms with van der Waals surface area (Å²) in [7, 11) is 0. The molecule has 5 heteroatoms. The summed E-state index contributed by atoms with van der Waals surface area (Å²) in [5, 5.41) is 14.4. The van der Waals surface area contributed by atoms with Gasteiger partial charge in [-0.25, -0.2) is 0 Å². The van der Waals surface area contributed by atoms with Crippen LogP contribution in [0.4, 0.5) is 0 Å². The van der Waals surface area contributed by atoms with Gasteiger partial charge in [0.05, 0.1) is 5.92 Å². The van der Waals surface area contributed by atoms with Crippen molar-refractivity contribution in [2.75, 3.05) is 0 Å². The fourth-order valence-electron chi connectivity index (χ4n) is 2.94. The van der Waals surface area contributed by atoms with Crippen LogP contribution >= 0.6 is 0 Å². The number of nitrogens with zero attached hydrogens (tertiary/aromatic N) is 1. The molecule has 0 aliphatic rings. The molecule has 1 atom stereocenters. The maximum Gasteiger partial charge on any atom is 0.298 e. The minimum atomic E-state index is -1.28. The van der Waals surface area contributed by atoms with E-state index in [0.717, 1.165) is 11.1 Å². The number of amides is 1. The number of nitro groups is 1. The molecule has 3 aromatic carbocycles. The Balaban J connectivity index is 1.99. The molecule has 0 fully saturated rings. The SMILES string of the molecule is O=C(NC(C(c1ccccc1)c1ccccc1)[N+](=O)[O-])c1ccccc1. The van der Waals surface area contributed by atoms with Crippen molar-refractivity contribution in [3.8, 4) is 0 Å². The van der Waals surface area contributed by atoms with E-state index in [9.17, 15) is 14.9 Å². The van der Waals surface area contributed by atoms with Crippen LogP contribution in [0.1, 0.15) is 27.4 Å². The van der Waals surface area contributed by atoms with Crippen molar-refractivity contribution in [1.82, 2.24) is 5.32 Å². The van der Waals surface area contributed by atoms with Gasteiger partial charge in [0.15, 0.2) is 0 Å². The third-order valence-electron chi connectivity index (χ3n) is 4.18. The molecule has 3 aromatic rings. The Bertz CT molecular complexity index is 828. The average Bonchev–Trinajstić information content (AvgIpc) is 2.69. The molecule has 1 unspecified atom stereocenters. The van der Waals surface area contributed by atoms with Crippen LogP contribution < -0.4 is 5.32 Å². The van der Waals surface area contributed by atoms with Gasteiger partial charge in [-0.15, -0.1) is 0 Å². The van der Waals surface area contributed by atoms with Crippen molar-refractivity contribution >= 4 is 5.91 Å². The van der Waals surface area contributed by atoms with Gasteiger partial charge in [0.2, 0.25) is 0 Å². The summed E-state index contributed by atoms with van der Waals surface area (Å²) in [6, 6.07) is 26.9. The average molecular weight is 346 g/mol. The summed E-state index contributed by atoms with van der Waals surface area (Å²) in [5.74, 6) is -1.07. The van der Waals surface area contributed by atoms with Crippen LogP contribution in [0.3, 0.4) is 0 Å². The van der Waals surface area contributed by atoms with E-state index in [0.29, 0.717) is 5.56 Å². The van der Waals surface area contributed by atoms with E-state index in [4.69, 9.17) is 0 Å². The molecule has 5 nitrogen and oxygen atoms in total. The zero-order chi connectivity index (χ0) is 18.4. The van der Waals surface area contributed by atoms with Crippen LogP contribution in [-0.4, -0.2) is 17.0 Å². The first-order valence-electron chi connectivity index (χ1n) is 8.26. The van der Waals surface area contributed by atoms with Gasteiger partial charge in [-0.2, -0.15) is 0 Å². The molecule has 0 heterocycles. The molecule has 0 saturated heterocycles. The highest BCUT2D eigenvalue weighted by Gasteiger charge is 2.35. The van der Waals surface area contributed by atoms with E-state index >= 15 is 0 Å². The Morgan fingerprint density at radius 1 is 0.769 bits per heavy atom. The zero-order valence-corrected chi connectivity index (χ0v) is 14.0. The first kappa shape index (κ1) is 17.4. The van der Waals surface area contributed by atoms with E-state index in [1.165, 1.54) is 0 Å². The van der Waals surface area contributed by atoms with E-state index in [2.05, 4.69) is 5.32 Å². The molecule has 0 aliphatic carbocycles. The molecular weight excluding hydrogens is 328 g/mol. The molecule has 0 bridgehead atoms. The number of carbonyl (C=O) groups is 1. The van der Waals surface area contributed by atoms with Crippen LogP contribution in [0.25, 0.3) is 0 Å². The van der Waals surface area contributed by atoms with E-state index in [-0.39, 0.29) is 0 Å². The van der Waals surface area contributed by atoms with Crippen molar-refractivity contribution in [3.63, 3.8) is 0 Å². The molecule has 0 spiro atoms. The van der Waals surface area contributed by atoms with Gasteiger partial charge < -0.3 is 0 Å². The predicted molar refractivity (Wildman–Crippen MR) is 99.4 cm³/mol. The molecule has 26 heavy (non-hydrogen) atoms. The summed E-state index contributed by atoms with van der Waals surface area (Å²) in [4.78, 5) is 23.9. The summed E-state index contributed by atoms with van der Waals surface area (Å²) in [6.45, 7) is 0. The standard InChI is InChI=1S/C21H18N2O3/c24-21(18-14-8-3-9-15-18)22-20(23(25)26)19(16-10-4-1-5-11-16)17-12-6-2-7-13-17/h1-15,19-20H,(H,22,24). The quantitative estimate of drug-likeness (QED) is 0.418. The first-order chi connectivity index (χ1) is 12.7. The van der Waals surface area contributed by atoms with Crippen molar-refractivity contribution in [2.45, 2.75) is 12.1 Å². The number of hydrogen-bond acceptors (Lipinski definition) is 3. The Kier molecular flexibility index (Phi) is 5.39. The van der Waals surface area contributed by atoms with Crippen LogP contribution in [0.2, 0.25) is 0 Å². The van der Waals surface area contributed by atoms with Gasteiger partial charge in [0, 0.05) is 10.5 Å². The molecule has 0 saturated carbocycles. The highest BCUT2D eigenvalue weighted by Crippen LogP contribution is 2.28. The number of hydrogen-bond donors (Lipinski definition) is 1. The van der Waals surface area contributed by atoms with Gasteiger partial charge in [-0.05, 0) is 23.3 Å². The zero-order valence-electron chi connectivity index (χ0n) is 14.0. The molecule has 1 amide bonds. The van der Waals surface area contributed by atoms with E-state index < -0.39 is 22.9 Å². The topological polar surface area (TPSA) is 72.2 Å². The Hall–Kier alpha value is -3.47. The van der Waals surface area contributed by atoms with Gasteiger partial charge in [-0.1, -0.05) is 78.9 Å². The molecule has 0 radical (unpaired) electrons. The fourth-order valence-corrected chi connectivity index (χ4v) is 2.94. The Morgan fingerprint density at radius 2 is 1.19 bits per heavy atom. The summed E-state index contributed by atoms with van der Waals surface area (Å²) < 4.78 is 0. The lowest BCUT2D eigenvalue weighted by molar-refractivity contribution is -0.529. The van der Waals surface area contributed by atoms with Crippen molar-refractivity contribution in [3.05, 3.63) is 118 Å². The number of benzene rings is 3. The van der Waals surface area contributed by atoms with E-state index in [1.54, 1.807) is 30.3 Å². The van der Waals surface area contributed by atoms with Crippen LogP contribution in [-0.2, 0) is 0 Å². The molecule has 130 valence electrons. The first-order valence-corrected chi connectivity index (χ1v) is 8.26. The lowest BCUT2D eigenvalue weighted by Gasteiger charge is -2.22. The maximum absolute atomic E-state index is 12.5. The minimum Gasteiger partial charge on any atom is -0.289 e. The molecule has 0 aromatic heterocycles. The van der Waals surface area contributed by atoms with Crippen molar-refractivity contribution in [1.29, 1.82) is 0 Å². The van der Waals surface area contributed by atoms with E-state index in [1.807, 2.05) is 60.7 Å². The van der Waals surface area contributed by atoms with Crippen LogP contribution in [0.5, 0.6) is 0 Å². The normalized spacial score (nSPS) is 11.7. The third kappa shape index (κ3) is 3.95. The summed E-state index contributed by atoms with van der Waals surface area (Å²) in [5.41, 5.74) is 1.93. The van der Waals surface area contributed by atoms with Crippen molar-refractivity contribution < 1.29 is 9.72 Å². The predicted octanol–water partition coefficient (Wildman–Crippen LogP) is 3.85. The Morgan fingerprint density at radius 3 is 1.62 bits per heavy atom. The highest BCUT2D eigenvalue weighted by atomic mass is 16.6. The van der Waals surface area contributed by atoms with Crippen LogP contribution in [0, 0.1) is 10.1 Å². The third-order valence-corrected chi connectivity index (χ3v) is 4.18. The fraction of sp³-hybridized carbons (Fsp3) is 0.0952.